The van der Waals surface area contributed by atoms with E-state index in [1.165, 1.54) is 19.3 Å². The quantitative estimate of drug-likeness (QED) is 0.769. The molecule has 2 N–H and O–H groups in total. The predicted octanol–water partition coefficient (Wildman–Crippen LogP) is 2.95. The zero-order chi connectivity index (χ0) is 12.3. The summed E-state index contributed by atoms with van der Waals surface area (Å²) in [6, 6.07) is 1.43. The van der Waals surface area contributed by atoms with Crippen molar-refractivity contribution in [3.05, 3.63) is 0 Å². The Hall–Kier alpha value is -0.150. The molecule has 0 unspecified atom stereocenters. The summed E-state index contributed by atoms with van der Waals surface area (Å²) in [5.41, 5.74) is 5.76. The molecular formula is C13H26N2S. The minimum absolute atomic E-state index is 0.00772. The van der Waals surface area contributed by atoms with Crippen LogP contribution in [0.1, 0.15) is 53.4 Å². The Labute approximate surface area is 106 Å². The molecule has 0 aromatic carbocycles. The minimum atomic E-state index is -0.00772. The summed E-state index contributed by atoms with van der Waals surface area (Å²) in [6.07, 6.45) is 5.10. The fourth-order valence-corrected chi connectivity index (χ4v) is 2.55. The molecule has 0 aromatic rings. The lowest BCUT2D eigenvalue weighted by atomic mass is 9.88. The summed E-state index contributed by atoms with van der Waals surface area (Å²) in [5.74, 6) is 0. The van der Waals surface area contributed by atoms with E-state index in [1.54, 1.807) is 0 Å². The van der Waals surface area contributed by atoms with Gasteiger partial charge < -0.3 is 5.73 Å². The van der Waals surface area contributed by atoms with Gasteiger partial charge in [0.15, 0.2) is 0 Å². The van der Waals surface area contributed by atoms with Crippen LogP contribution in [0.3, 0.4) is 0 Å². The van der Waals surface area contributed by atoms with Crippen LogP contribution in [0.2, 0.25) is 0 Å². The zero-order valence-corrected chi connectivity index (χ0v) is 11.9. The molecule has 1 aliphatic heterocycles. The largest absolute Gasteiger partial charge is 0.393 e. The van der Waals surface area contributed by atoms with Crippen molar-refractivity contribution in [3.63, 3.8) is 0 Å². The number of rotatable bonds is 4. The number of hydrogen-bond donors (Lipinski definition) is 1. The maximum atomic E-state index is 5.77. The van der Waals surface area contributed by atoms with E-state index in [4.69, 9.17) is 18.0 Å². The molecule has 1 rings (SSSR count). The smallest absolute Gasteiger partial charge is 0.0784 e. The SMILES string of the molecule is C[C@@H]1CCC[C@H](C)N1CCC(C)(C)C(N)=S. The maximum absolute atomic E-state index is 5.77. The Morgan fingerprint density at radius 2 is 1.81 bits per heavy atom. The average Bonchev–Trinajstić information content (AvgIpc) is 2.16. The van der Waals surface area contributed by atoms with Gasteiger partial charge in [0, 0.05) is 17.5 Å². The molecule has 3 heteroatoms. The van der Waals surface area contributed by atoms with Crippen molar-refractivity contribution >= 4 is 17.2 Å². The van der Waals surface area contributed by atoms with E-state index in [-0.39, 0.29) is 5.41 Å². The van der Waals surface area contributed by atoms with Crippen LogP contribution in [0.5, 0.6) is 0 Å². The van der Waals surface area contributed by atoms with E-state index >= 15 is 0 Å². The highest BCUT2D eigenvalue weighted by Crippen LogP contribution is 2.26. The predicted molar refractivity (Wildman–Crippen MR) is 74.7 cm³/mol. The number of nitrogens with two attached hydrogens (primary N) is 1. The first-order chi connectivity index (χ1) is 7.34. The van der Waals surface area contributed by atoms with Crippen molar-refractivity contribution in [1.29, 1.82) is 0 Å². The van der Waals surface area contributed by atoms with Crippen LogP contribution in [0, 0.1) is 5.41 Å². The highest BCUT2D eigenvalue weighted by molar-refractivity contribution is 7.80. The summed E-state index contributed by atoms with van der Waals surface area (Å²) in [4.78, 5) is 3.26. The Bertz CT molecular complexity index is 240. The van der Waals surface area contributed by atoms with Gasteiger partial charge in [0.05, 0.1) is 4.99 Å². The second-order valence-corrected chi connectivity index (χ2v) is 6.30. The van der Waals surface area contributed by atoms with Crippen LogP contribution in [0.4, 0.5) is 0 Å². The Kier molecular flexibility index (Phi) is 4.74. The van der Waals surface area contributed by atoms with Crippen LogP contribution in [-0.2, 0) is 0 Å². The number of piperidine rings is 1. The standard InChI is InChI=1S/C13H26N2S/c1-10-6-5-7-11(2)15(10)9-8-13(3,4)12(14)16/h10-11H,5-9H2,1-4H3,(H2,14,16)/t10-,11+. The van der Waals surface area contributed by atoms with Crippen LogP contribution < -0.4 is 5.73 Å². The highest BCUT2D eigenvalue weighted by Gasteiger charge is 2.28. The second kappa shape index (κ2) is 5.46. The molecule has 0 spiro atoms. The second-order valence-electron chi connectivity index (χ2n) is 5.86. The molecule has 0 aliphatic carbocycles. The molecule has 1 saturated heterocycles. The molecule has 0 aromatic heterocycles. The van der Waals surface area contributed by atoms with Crippen LogP contribution in [0.25, 0.3) is 0 Å². The molecule has 0 bridgehead atoms. The molecule has 1 heterocycles. The van der Waals surface area contributed by atoms with E-state index in [2.05, 4.69) is 32.6 Å². The van der Waals surface area contributed by atoms with Gasteiger partial charge in [-0.25, -0.2) is 0 Å². The summed E-state index contributed by atoms with van der Waals surface area (Å²) >= 11 is 5.12. The van der Waals surface area contributed by atoms with Gasteiger partial charge in [0.25, 0.3) is 0 Å². The first kappa shape index (κ1) is 13.9. The topological polar surface area (TPSA) is 29.3 Å². The molecular weight excluding hydrogens is 216 g/mol. The van der Waals surface area contributed by atoms with Crippen LogP contribution in [-0.4, -0.2) is 28.5 Å². The fourth-order valence-electron chi connectivity index (χ4n) is 2.45. The van der Waals surface area contributed by atoms with Crippen molar-refractivity contribution in [3.8, 4) is 0 Å². The third-order valence-electron chi connectivity index (χ3n) is 4.04. The molecule has 0 radical (unpaired) electrons. The molecule has 1 fully saturated rings. The van der Waals surface area contributed by atoms with Crippen molar-refractivity contribution in [2.75, 3.05) is 6.54 Å². The zero-order valence-electron chi connectivity index (χ0n) is 11.1. The number of hydrogen-bond acceptors (Lipinski definition) is 2. The monoisotopic (exact) mass is 242 g/mol. The Morgan fingerprint density at radius 1 is 1.31 bits per heavy atom. The van der Waals surface area contributed by atoms with Crippen LogP contribution in [0.15, 0.2) is 0 Å². The van der Waals surface area contributed by atoms with Gasteiger partial charge in [-0.3, -0.25) is 4.90 Å². The number of thiocarbonyl (C=S) groups is 1. The van der Waals surface area contributed by atoms with Crippen molar-refractivity contribution in [2.45, 2.75) is 65.5 Å². The molecule has 16 heavy (non-hydrogen) atoms. The summed E-state index contributed by atoms with van der Waals surface area (Å²) < 4.78 is 0. The molecule has 2 atom stereocenters. The summed E-state index contributed by atoms with van der Waals surface area (Å²) in [6.45, 7) is 10.1. The molecule has 94 valence electrons. The molecule has 2 nitrogen and oxygen atoms in total. The van der Waals surface area contributed by atoms with Gasteiger partial charge in [0.1, 0.15) is 0 Å². The van der Waals surface area contributed by atoms with Crippen molar-refractivity contribution < 1.29 is 0 Å². The van der Waals surface area contributed by atoms with E-state index in [0.29, 0.717) is 17.1 Å². The average molecular weight is 242 g/mol. The lowest BCUT2D eigenvalue weighted by Crippen LogP contribution is -2.46. The molecule has 0 saturated carbocycles. The highest BCUT2D eigenvalue weighted by atomic mass is 32.1. The van der Waals surface area contributed by atoms with Gasteiger partial charge in [-0.1, -0.05) is 32.5 Å². The van der Waals surface area contributed by atoms with E-state index < -0.39 is 0 Å². The third kappa shape index (κ3) is 3.42. The Morgan fingerprint density at radius 3 is 2.25 bits per heavy atom. The third-order valence-corrected chi connectivity index (χ3v) is 4.59. The van der Waals surface area contributed by atoms with Gasteiger partial charge in [0.2, 0.25) is 0 Å². The minimum Gasteiger partial charge on any atom is -0.393 e. The van der Waals surface area contributed by atoms with Crippen LogP contribution >= 0.6 is 12.2 Å². The normalized spacial score (nSPS) is 28.0. The summed E-state index contributed by atoms with van der Waals surface area (Å²) in [5, 5.41) is 0. The van der Waals surface area contributed by atoms with Gasteiger partial charge in [-0.15, -0.1) is 0 Å². The molecule has 1 aliphatic rings. The van der Waals surface area contributed by atoms with Crippen molar-refractivity contribution in [1.82, 2.24) is 4.90 Å². The van der Waals surface area contributed by atoms with Gasteiger partial charge >= 0.3 is 0 Å². The molecule has 0 amide bonds. The van der Waals surface area contributed by atoms with Gasteiger partial charge in [-0.05, 0) is 39.7 Å². The van der Waals surface area contributed by atoms with E-state index in [0.717, 1.165) is 13.0 Å². The first-order valence-electron chi connectivity index (χ1n) is 6.40. The number of nitrogens with zero attached hydrogens (tertiary/aromatic N) is 1. The first-order valence-corrected chi connectivity index (χ1v) is 6.81. The Balaban J connectivity index is 2.50. The fraction of sp³-hybridized carbons (Fsp3) is 0.923. The lowest BCUT2D eigenvalue weighted by Gasteiger charge is -2.40. The van der Waals surface area contributed by atoms with E-state index in [1.807, 2.05) is 0 Å². The maximum Gasteiger partial charge on any atom is 0.0784 e. The van der Waals surface area contributed by atoms with E-state index in [9.17, 15) is 0 Å². The number of likely N-dealkylation sites (tertiary alicyclic amines) is 1. The van der Waals surface area contributed by atoms with Crippen molar-refractivity contribution in [2.24, 2.45) is 11.1 Å². The lowest BCUT2D eigenvalue weighted by molar-refractivity contribution is 0.0942. The van der Waals surface area contributed by atoms with Gasteiger partial charge in [-0.2, -0.15) is 0 Å². The summed E-state index contributed by atoms with van der Waals surface area (Å²) in [7, 11) is 0.